The van der Waals surface area contributed by atoms with E-state index in [0.29, 0.717) is 37.4 Å². The number of rotatable bonds is 3. The molecule has 0 aliphatic carbocycles. The van der Waals surface area contributed by atoms with E-state index in [1.165, 1.54) is 0 Å². The van der Waals surface area contributed by atoms with Gasteiger partial charge in [-0.25, -0.2) is 0 Å². The topological polar surface area (TPSA) is 94.4 Å². The molecule has 3 aliphatic rings. The molecule has 8 heteroatoms. The quantitative estimate of drug-likeness (QED) is 0.823. The van der Waals surface area contributed by atoms with E-state index >= 15 is 0 Å². The van der Waals surface area contributed by atoms with E-state index in [-0.39, 0.29) is 23.3 Å². The van der Waals surface area contributed by atoms with Crippen molar-refractivity contribution in [2.45, 2.75) is 25.4 Å². The third-order valence-corrected chi connectivity index (χ3v) is 6.51. The van der Waals surface area contributed by atoms with Gasteiger partial charge in [0.05, 0.1) is 18.8 Å². The second kappa shape index (κ2) is 7.74. The minimum Gasteiger partial charge on any atom is -0.379 e. The first-order valence-electron chi connectivity index (χ1n) is 10.5. The lowest BCUT2D eigenvalue weighted by atomic mass is 9.83. The van der Waals surface area contributed by atoms with Crippen LogP contribution in [0.2, 0.25) is 0 Å². The van der Waals surface area contributed by atoms with Crippen molar-refractivity contribution in [3.8, 4) is 6.07 Å². The number of carbonyl (C=O) groups is 1. The van der Waals surface area contributed by atoms with Crippen LogP contribution in [0.4, 0.5) is 0 Å². The summed E-state index contributed by atoms with van der Waals surface area (Å²) >= 11 is 0. The van der Waals surface area contributed by atoms with Gasteiger partial charge in [-0.2, -0.15) is 5.26 Å². The number of pyridine rings is 1. The van der Waals surface area contributed by atoms with Gasteiger partial charge in [-0.05, 0) is 24.5 Å². The number of amides is 1. The van der Waals surface area contributed by atoms with Gasteiger partial charge >= 0.3 is 0 Å². The smallest absolute Gasteiger partial charge is 0.270 e. The molecule has 156 valence electrons. The number of carbonyl (C=O) groups excluding carboxylic acids is 1. The predicted octanol–water partition coefficient (Wildman–Crippen LogP) is 1.14. The van der Waals surface area contributed by atoms with E-state index in [4.69, 9.17) is 10.00 Å². The maximum Gasteiger partial charge on any atom is 0.270 e. The van der Waals surface area contributed by atoms with Crippen molar-refractivity contribution in [3.63, 3.8) is 0 Å². The second-order valence-corrected chi connectivity index (χ2v) is 8.51. The van der Waals surface area contributed by atoms with Crippen LogP contribution in [0.3, 0.4) is 0 Å². The van der Waals surface area contributed by atoms with Crippen LogP contribution in [0.15, 0.2) is 29.2 Å². The largest absolute Gasteiger partial charge is 0.379 e. The Morgan fingerprint density at radius 3 is 2.83 bits per heavy atom. The summed E-state index contributed by atoms with van der Waals surface area (Å²) in [5, 5.41) is 9.00. The minimum absolute atomic E-state index is 0.0778. The standard InChI is InChI=1S/C22H25N5O3/c23-9-15-8-19(24-10-15)22(29)26-11-16-7-18(14-26)20-2-1-17(21(28)27(20)12-16)13-25-3-5-30-6-4-25/h1-2,8,10,16,18,24H,3-7,11-14H2/t16-,18+/m0/s1. The van der Waals surface area contributed by atoms with Crippen molar-refractivity contribution >= 4 is 5.91 Å². The number of likely N-dealkylation sites (tertiary alicyclic amines) is 1. The summed E-state index contributed by atoms with van der Waals surface area (Å²) in [5.41, 5.74) is 2.88. The lowest BCUT2D eigenvalue weighted by molar-refractivity contribution is 0.0338. The zero-order valence-corrected chi connectivity index (χ0v) is 16.8. The number of nitrogens with one attached hydrogen (secondary N) is 1. The Labute approximate surface area is 174 Å². The molecule has 0 radical (unpaired) electrons. The molecule has 1 N–H and O–H groups in total. The van der Waals surface area contributed by atoms with E-state index in [1.807, 2.05) is 21.6 Å². The highest BCUT2D eigenvalue weighted by Gasteiger charge is 2.37. The molecule has 30 heavy (non-hydrogen) atoms. The SMILES string of the molecule is N#Cc1c[nH]c(C(=O)N2C[C@@H]3C[C@H](C2)c2ccc(CN4CCOCC4)c(=O)n2C3)c1. The number of aromatic amines is 1. The molecular formula is C22H25N5O3. The lowest BCUT2D eigenvalue weighted by Gasteiger charge is -2.42. The highest BCUT2D eigenvalue weighted by Crippen LogP contribution is 2.35. The second-order valence-electron chi connectivity index (χ2n) is 8.51. The first-order valence-corrected chi connectivity index (χ1v) is 10.5. The Balaban J connectivity index is 1.36. The van der Waals surface area contributed by atoms with Gasteiger partial charge in [0.1, 0.15) is 11.8 Å². The summed E-state index contributed by atoms with van der Waals surface area (Å²) in [6.45, 7) is 5.70. The molecule has 2 atom stereocenters. The van der Waals surface area contributed by atoms with E-state index < -0.39 is 0 Å². The van der Waals surface area contributed by atoms with Crippen LogP contribution in [-0.2, 0) is 17.8 Å². The van der Waals surface area contributed by atoms with Crippen molar-refractivity contribution in [2.75, 3.05) is 39.4 Å². The van der Waals surface area contributed by atoms with E-state index in [1.54, 1.807) is 12.3 Å². The molecule has 5 heterocycles. The molecule has 2 bridgehead atoms. The number of ether oxygens (including phenoxy) is 1. The van der Waals surface area contributed by atoms with Crippen molar-refractivity contribution in [2.24, 2.45) is 5.92 Å². The lowest BCUT2D eigenvalue weighted by Crippen LogP contribution is -2.49. The average Bonchev–Trinajstić information content (AvgIpc) is 3.25. The molecule has 2 aromatic heterocycles. The molecule has 3 aliphatic heterocycles. The Kier molecular flexibility index (Phi) is 4.93. The molecule has 5 rings (SSSR count). The molecule has 1 amide bonds. The molecule has 2 fully saturated rings. The fourth-order valence-electron chi connectivity index (χ4n) is 5.03. The summed E-state index contributed by atoms with van der Waals surface area (Å²) in [6, 6.07) is 7.69. The number of H-pyrrole nitrogens is 1. The van der Waals surface area contributed by atoms with Crippen LogP contribution >= 0.6 is 0 Å². The molecule has 0 spiro atoms. The van der Waals surface area contributed by atoms with Crippen LogP contribution in [-0.4, -0.2) is 64.7 Å². The third kappa shape index (κ3) is 3.44. The summed E-state index contributed by atoms with van der Waals surface area (Å²) in [6.07, 6.45) is 2.56. The van der Waals surface area contributed by atoms with Crippen molar-refractivity contribution in [3.05, 3.63) is 57.3 Å². The number of hydrogen-bond donors (Lipinski definition) is 1. The number of hydrogen-bond acceptors (Lipinski definition) is 5. The molecule has 2 aromatic rings. The highest BCUT2D eigenvalue weighted by atomic mass is 16.5. The normalized spacial score (nSPS) is 23.6. The summed E-state index contributed by atoms with van der Waals surface area (Å²) in [5.74, 6) is 0.352. The number of aromatic nitrogens is 2. The van der Waals surface area contributed by atoms with Crippen LogP contribution in [0.25, 0.3) is 0 Å². The van der Waals surface area contributed by atoms with Gasteiger partial charge in [0.15, 0.2) is 0 Å². The van der Waals surface area contributed by atoms with Crippen molar-refractivity contribution in [1.82, 2.24) is 19.4 Å². The molecular weight excluding hydrogens is 382 g/mol. The van der Waals surface area contributed by atoms with Gasteiger partial charge in [0.25, 0.3) is 11.5 Å². The maximum atomic E-state index is 13.2. The van der Waals surface area contributed by atoms with Gasteiger partial charge in [0, 0.05) is 62.6 Å². The van der Waals surface area contributed by atoms with Gasteiger partial charge in [0.2, 0.25) is 0 Å². The molecule has 0 aromatic carbocycles. The summed E-state index contributed by atoms with van der Waals surface area (Å²) in [4.78, 5) is 33.1. The van der Waals surface area contributed by atoms with Crippen LogP contribution in [0.5, 0.6) is 0 Å². The Morgan fingerprint density at radius 2 is 2.07 bits per heavy atom. The summed E-state index contributed by atoms with van der Waals surface area (Å²) in [7, 11) is 0. The van der Waals surface area contributed by atoms with E-state index in [2.05, 4.69) is 16.0 Å². The van der Waals surface area contributed by atoms with Gasteiger partial charge in [-0.3, -0.25) is 14.5 Å². The van der Waals surface area contributed by atoms with Crippen LogP contribution < -0.4 is 5.56 Å². The first-order chi connectivity index (χ1) is 14.6. The Morgan fingerprint density at radius 1 is 1.23 bits per heavy atom. The third-order valence-electron chi connectivity index (χ3n) is 6.51. The zero-order chi connectivity index (χ0) is 20.7. The monoisotopic (exact) mass is 407 g/mol. The first kappa shape index (κ1) is 19.1. The van der Waals surface area contributed by atoms with Crippen molar-refractivity contribution in [1.29, 1.82) is 5.26 Å². The molecule has 0 saturated carbocycles. The fraction of sp³-hybridized carbons (Fsp3) is 0.500. The molecule has 0 unspecified atom stereocenters. The van der Waals surface area contributed by atoms with E-state index in [9.17, 15) is 9.59 Å². The highest BCUT2D eigenvalue weighted by molar-refractivity contribution is 5.93. The van der Waals surface area contributed by atoms with Gasteiger partial charge < -0.3 is 19.2 Å². The fourth-order valence-corrected chi connectivity index (χ4v) is 5.03. The number of morpholine rings is 1. The average molecular weight is 407 g/mol. The predicted molar refractivity (Wildman–Crippen MR) is 109 cm³/mol. The van der Waals surface area contributed by atoms with E-state index in [0.717, 1.165) is 44.0 Å². The van der Waals surface area contributed by atoms with Gasteiger partial charge in [-0.15, -0.1) is 0 Å². The van der Waals surface area contributed by atoms with Crippen molar-refractivity contribution < 1.29 is 9.53 Å². The maximum absolute atomic E-state index is 13.2. The number of nitriles is 1. The van der Waals surface area contributed by atoms with Gasteiger partial charge in [-0.1, -0.05) is 6.07 Å². The Bertz CT molecular complexity index is 1060. The zero-order valence-electron chi connectivity index (χ0n) is 16.8. The molecule has 2 saturated heterocycles. The number of piperidine rings is 1. The Hall–Kier alpha value is -2.89. The summed E-state index contributed by atoms with van der Waals surface area (Å²) < 4.78 is 7.35. The molecule has 8 nitrogen and oxygen atoms in total. The number of nitrogens with zero attached hydrogens (tertiary/aromatic N) is 4. The van der Waals surface area contributed by atoms with Crippen LogP contribution in [0.1, 0.15) is 39.6 Å². The van der Waals surface area contributed by atoms with Crippen LogP contribution in [0, 0.1) is 17.2 Å². The minimum atomic E-state index is -0.0778. The number of fused-ring (bicyclic) bond motifs is 4.